The molecule has 0 aromatic heterocycles. The molecule has 0 fully saturated rings. The zero-order valence-electron chi connectivity index (χ0n) is 6.74. The molecule has 0 aliphatic heterocycles. The van der Waals surface area contributed by atoms with Crippen LogP contribution in [0, 0.1) is 6.92 Å². The second-order valence-electron chi connectivity index (χ2n) is 1.65. The van der Waals surface area contributed by atoms with E-state index in [0.717, 1.165) is 0 Å². The summed E-state index contributed by atoms with van der Waals surface area (Å²) in [6, 6.07) is 10.3. The predicted molar refractivity (Wildman–Crippen MR) is 33.4 cm³/mol. The normalized spacial score (nSPS) is 7.62. The summed E-state index contributed by atoms with van der Waals surface area (Å²) in [5, 5.41) is 0. The van der Waals surface area contributed by atoms with Crippen molar-refractivity contribution in [2.45, 2.75) is 6.92 Å². The van der Waals surface area contributed by atoms with Gasteiger partial charge in [0.15, 0.2) is 0 Å². The van der Waals surface area contributed by atoms with Crippen molar-refractivity contribution in [2.75, 3.05) is 0 Å². The van der Waals surface area contributed by atoms with Gasteiger partial charge in [-0.1, -0.05) is 35.9 Å². The topological polar surface area (TPSA) is 0 Å². The third-order valence-corrected chi connectivity index (χ3v) is 0.940. The van der Waals surface area contributed by atoms with Gasteiger partial charge in [-0.25, -0.2) is 0 Å². The molecule has 0 bridgehead atoms. The molecule has 0 saturated heterocycles. The fourth-order valence-electron chi connectivity index (χ4n) is 0.534. The molecule has 1 rings (SSSR count). The van der Waals surface area contributed by atoms with Crippen molar-refractivity contribution in [2.24, 2.45) is 0 Å². The quantitative estimate of drug-likeness (QED) is 0.685. The van der Waals surface area contributed by atoms with Gasteiger partial charge < -0.3 is 2.85 Å². The van der Waals surface area contributed by atoms with Crippen LogP contribution in [0.1, 0.15) is 8.42 Å². The first-order valence-corrected chi connectivity index (χ1v) is 2.41. The Morgan fingerprint density at radius 2 is 1.62 bits per heavy atom. The van der Waals surface area contributed by atoms with Gasteiger partial charge in [-0.3, -0.25) is 0 Å². The number of benzene rings is 1. The van der Waals surface area contributed by atoms with Gasteiger partial charge in [0.05, 0.1) is 0 Å². The van der Waals surface area contributed by atoms with Gasteiger partial charge in [-0.2, -0.15) is 0 Å². The zero-order valence-corrected chi connectivity index (χ0v) is 7.28. The molecule has 0 spiro atoms. The molecule has 0 atom stereocenters. The molecule has 1 heteroatoms. The van der Waals surface area contributed by atoms with E-state index in [4.69, 9.17) is 0 Å². The zero-order chi connectivity index (χ0) is 5.11. The Balaban J connectivity index is -0.000000163. The van der Waals surface area contributed by atoms with E-state index in [0.29, 0.717) is 0 Å². The van der Waals surface area contributed by atoms with Gasteiger partial charge in [-0.05, 0) is 6.92 Å². The summed E-state index contributed by atoms with van der Waals surface area (Å²) in [6.45, 7) is 2.08. The molecular weight excluding hydrogens is 274 g/mol. The summed E-state index contributed by atoms with van der Waals surface area (Å²) in [6.07, 6.45) is 0. The van der Waals surface area contributed by atoms with Crippen molar-refractivity contribution < 1.29 is 22.6 Å². The Morgan fingerprint density at radius 1 is 1.12 bits per heavy atom. The molecule has 1 aromatic rings. The van der Waals surface area contributed by atoms with Crippen LogP contribution in [0.3, 0.4) is 0 Å². The summed E-state index contributed by atoms with van der Waals surface area (Å²) in [5.41, 5.74) is 1.32. The summed E-state index contributed by atoms with van der Waals surface area (Å²) in [5.74, 6) is 0. The molecule has 8 heavy (non-hydrogen) atoms. The minimum absolute atomic E-state index is 0. The van der Waals surface area contributed by atoms with Crippen LogP contribution in [0.15, 0.2) is 30.3 Å². The molecule has 0 unspecified atom stereocenters. The van der Waals surface area contributed by atoms with Gasteiger partial charge in [0.1, 0.15) is 0 Å². The van der Waals surface area contributed by atoms with E-state index in [9.17, 15) is 0 Å². The van der Waals surface area contributed by atoms with Crippen LogP contribution in [0.5, 0.6) is 0 Å². The van der Waals surface area contributed by atoms with Crippen LogP contribution in [0.4, 0.5) is 0 Å². The molecule has 0 radical (unpaired) electrons. The third kappa shape index (κ3) is 2.24. The largest absolute Gasteiger partial charge is 2.00 e. The van der Waals surface area contributed by atoms with Crippen LogP contribution < -0.4 is 0 Å². The van der Waals surface area contributed by atoms with Crippen molar-refractivity contribution in [1.82, 2.24) is 0 Å². The summed E-state index contributed by atoms with van der Waals surface area (Å²) in [4.78, 5) is 0. The van der Waals surface area contributed by atoms with Crippen molar-refractivity contribution in [3.63, 3.8) is 0 Å². The second-order valence-corrected chi connectivity index (χ2v) is 1.65. The van der Waals surface area contributed by atoms with Gasteiger partial charge >= 0.3 is 19.8 Å². The van der Waals surface area contributed by atoms with Crippen molar-refractivity contribution in [1.29, 1.82) is 0 Å². The molecule has 0 heterocycles. The number of aryl methyl sites for hydroxylation is 1. The molecule has 0 amide bonds. The van der Waals surface area contributed by atoms with E-state index in [-0.39, 0.29) is 22.6 Å². The van der Waals surface area contributed by atoms with Gasteiger partial charge in [-0.15, -0.1) is 0 Å². The summed E-state index contributed by atoms with van der Waals surface area (Å²) < 4.78 is 0. The minimum atomic E-state index is 0. The monoisotopic (exact) mass is 286 g/mol. The van der Waals surface area contributed by atoms with E-state index in [1.165, 1.54) is 5.56 Å². The summed E-state index contributed by atoms with van der Waals surface area (Å²) >= 11 is 0. The van der Waals surface area contributed by atoms with E-state index in [2.05, 4.69) is 19.1 Å². The molecule has 46 valence electrons. The van der Waals surface area contributed by atoms with Crippen LogP contribution in [-0.2, 0) is 19.8 Å². The Hall–Kier alpha value is -0.144. The number of hydrogen-bond acceptors (Lipinski definition) is 0. The molecule has 0 nitrogen and oxygen atoms in total. The first kappa shape index (κ1) is 7.86. The van der Waals surface area contributed by atoms with E-state index in [1.807, 2.05) is 18.2 Å². The maximum atomic E-state index is 2.08. The van der Waals surface area contributed by atoms with Crippen molar-refractivity contribution in [3.05, 3.63) is 35.9 Å². The molecule has 0 N–H and O–H groups in total. The van der Waals surface area contributed by atoms with Crippen LogP contribution >= 0.6 is 0 Å². The van der Waals surface area contributed by atoms with Gasteiger partial charge in [0.25, 0.3) is 0 Å². The van der Waals surface area contributed by atoms with Crippen molar-refractivity contribution in [3.8, 4) is 0 Å². The van der Waals surface area contributed by atoms with E-state index in [1.54, 1.807) is 0 Å². The average Bonchev–Trinajstić information content (AvgIpc) is 1.69. The maximum Gasteiger partial charge on any atom is 2.00 e. The average molecular weight is 284 g/mol. The first-order chi connectivity index (χ1) is 3.39. The molecule has 0 saturated carbocycles. The Bertz CT molecular complexity index is 142. The first-order valence-electron chi connectivity index (χ1n) is 2.41. The smallest absolute Gasteiger partial charge is 1.00 e. The van der Waals surface area contributed by atoms with E-state index < -0.39 is 0 Å². The molecule has 1 aromatic carbocycles. The van der Waals surface area contributed by atoms with Crippen LogP contribution in [0.25, 0.3) is 0 Å². The molecule has 0 aliphatic rings. The predicted octanol–water partition coefficient (Wildman–Crippen LogP) is 2.22. The minimum Gasteiger partial charge on any atom is -1.00 e. The fourth-order valence-corrected chi connectivity index (χ4v) is 0.534. The Kier molecular flexibility index (Phi) is 3.74. The standard InChI is InChI=1S/C7H8.Os.2H/c1-7-5-3-2-4-6-7;;;/h2-6H,1H3;;;/q;+2;2*-1. The number of hydrogen-bond donors (Lipinski definition) is 0. The Labute approximate surface area is 65.9 Å². The molecular formula is C7H10Os. The Morgan fingerprint density at radius 3 is 1.88 bits per heavy atom. The van der Waals surface area contributed by atoms with Gasteiger partial charge in [0.2, 0.25) is 0 Å². The van der Waals surface area contributed by atoms with E-state index >= 15 is 0 Å². The molecule has 0 aliphatic carbocycles. The van der Waals surface area contributed by atoms with Gasteiger partial charge in [0, 0.05) is 0 Å². The number of rotatable bonds is 0. The summed E-state index contributed by atoms with van der Waals surface area (Å²) in [7, 11) is 0. The van der Waals surface area contributed by atoms with Crippen LogP contribution in [-0.4, -0.2) is 0 Å². The maximum absolute atomic E-state index is 2.08. The van der Waals surface area contributed by atoms with Crippen molar-refractivity contribution >= 4 is 0 Å². The SMILES string of the molecule is Cc1ccccc1.[H-].[H-].[Os+2]. The fraction of sp³-hybridized carbons (Fsp3) is 0.143. The van der Waals surface area contributed by atoms with Crippen LogP contribution in [0.2, 0.25) is 0 Å². The second kappa shape index (κ2) is 3.81. The third-order valence-electron chi connectivity index (χ3n) is 0.940.